The third-order valence-electron chi connectivity index (χ3n) is 4.33. The van der Waals surface area contributed by atoms with E-state index in [1.807, 2.05) is 24.8 Å². The van der Waals surface area contributed by atoms with Crippen molar-refractivity contribution in [3.05, 3.63) is 59.7 Å². The molecule has 1 saturated heterocycles. The summed E-state index contributed by atoms with van der Waals surface area (Å²) in [5.74, 6) is -0.818. The first kappa shape index (κ1) is 18.1. The highest BCUT2D eigenvalue weighted by molar-refractivity contribution is 6.05. The number of nitrogens with zero attached hydrogens (tertiary/aromatic N) is 2. The van der Waals surface area contributed by atoms with Gasteiger partial charge in [-0.05, 0) is 43.7 Å². The molecule has 0 aliphatic carbocycles. The smallest absolute Gasteiger partial charge is 0.255 e. The molecule has 3 rings (SSSR count). The number of halogens is 1. The van der Waals surface area contributed by atoms with E-state index in [9.17, 15) is 9.18 Å². The van der Waals surface area contributed by atoms with E-state index in [0.717, 1.165) is 16.8 Å². The largest absolute Gasteiger partial charge is 0.378 e. The topological polar surface area (TPSA) is 54.5 Å². The van der Waals surface area contributed by atoms with Gasteiger partial charge >= 0.3 is 0 Å². The van der Waals surface area contributed by atoms with Gasteiger partial charge in [0, 0.05) is 35.6 Å². The molecule has 136 valence electrons. The van der Waals surface area contributed by atoms with Crippen LogP contribution in [-0.2, 0) is 4.74 Å². The second-order valence-corrected chi connectivity index (χ2v) is 6.39. The van der Waals surface area contributed by atoms with Crippen molar-refractivity contribution < 1.29 is 13.9 Å². The maximum absolute atomic E-state index is 14.0. The van der Waals surface area contributed by atoms with Gasteiger partial charge in [-0.1, -0.05) is 6.58 Å². The van der Waals surface area contributed by atoms with Gasteiger partial charge in [0.1, 0.15) is 5.82 Å². The van der Waals surface area contributed by atoms with Crippen LogP contribution in [0.2, 0.25) is 0 Å². The molecule has 6 heteroatoms. The summed E-state index contributed by atoms with van der Waals surface area (Å²) in [5.41, 5.74) is 4.10. The lowest BCUT2D eigenvalue weighted by Gasteiger charge is -2.29. The van der Waals surface area contributed by atoms with E-state index in [1.165, 1.54) is 12.1 Å². The van der Waals surface area contributed by atoms with Crippen molar-refractivity contribution in [1.29, 1.82) is 0 Å². The number of aromatic nitrogens is 1. The number of hydrogen-bond acceptors (Lipinski definition) is 4. The third kappa shape index (κ3) is 4.08. The Morgan fingerprint density at radius 1 is 1.27 bits per heavy atom. The molecule has 1 amide bonds. The number of amides is 1. The number of carbonyl (C=O) groups excluding carboxylic acids is 1. The molecule has 0 radical (unpaired) electrons. The molecular formula is C20H22FN3O2. The van der Waals surface area contributed by atoms with Crippen LogP contribution in [0.1, 0.15) is 28.5 Å². The summed E-state index contributed by atoms with van der Waals surface area (Å²) >= 11 is 0. The highest BCUT2D eigenvalue weighted by atomic mass is 19.1. The van der Waals surface area contributed by atoms with Gasteiger partial charge < -0.3 is 15.0 Å². The van der Waals surface area contributed by atoms with Crippen LogP contribution >= 0.6 is 0 Å². The number of hydrogen-bond donors (Lipinski definition) is 1. The molecule has 0 spiro atoms. The van der Waals surface area contributed by atoms with Gasteiger partial charge in [0.15, 0.2) is 0 Å². The Morgan fingerprint density at radius 3 is 2.69 bits per heavy atom. The molecule has 5 nitrogen and oxygen atoms in total. The zero-order chi connectivity index (χ0) is 18.7. The quantitative estimate of drug-likeness (QED) is 0.910. The van der Waals surface area contributed by atoms with Crippen LogP contribution in [0.25, 0.3) is 5.57 Å². The number of anilines is 2. The Kier molecular flexibility index (Phi) is 5.32. The molecule has 1 aliphatic heterocycles. The number of nitrogens with one attached hydrogen (secondary N) is 1. The van der Waals surface area contributed by atoms with Crippen molar-refractivity contribution in [1.82, 2.24) is 4.98 Å². The predicted molar refractivity (Wildman–Crippen MR) is 101 cm³/mol. The number of benzene rings is 1. The van der Waals surface area contributed by atoms with Crippen molar-refractivity contribution in [2.24, 2.45) is 0 Å². The van der Waals surface area contributed by atoms with Crippen molar-refractivity contribution in [2.75, 3.05) is 36.5 Å². The molecule has 1 aromatic carbocycles. The number of pyridine rings is 1. The van der Waals surface area contributed by atoms with Crippen molar-refractivity contribution in [3.8, 4) is 0 Å². The van der Waals surface area contributed by atoms with Gasteiger partial charge in [-0.15, -0.1) is 0 Å². The minimum atomic E-state index is -0.441. The molecular weight excluding hydrogens is 333 g/mol. The molecule has 0 saturated carbocycles. The van der Waals surface area contributed by atoms with Gasteiger partial charge in [-0.3, -0.25) is 9.78 Å². The van der Waals surface area contributed by atoms with Gasteiger partial charge in [0.05, 0.1) is 25.1 Å². The van der Waals surface area contributed by atoms with E-state index < -0.39 is 5.82 Å². The van der Waals surface area contributed by atoms with Crippen LogP contribution < -0.4 is 10.2 Å². The summed E-state index contributed by atoms with van der Waals surface area (Å²) in [4.78, 5) is 18.9. The molecule has 1 N–H and O–H groups in total. The monoisotopic (exact) mass is 355 g/mol. The summed E-state index contributed by atoms with van der Waals surface area (Å²) in [7, 11) is 0. The lowest BCUT2D eigenvalue weighted by atomic mass is 10.1. The van der Waals surface area contributed by atoms with E-state index in [0.29, 0.717) is 37.7 Å². The molecule has 1 aliphatic rings. The molecule has 26 heavy (non-hydrogen) atoms. The maximum Gasteiger partial charge on any atom is 0.255 e. The minimum absolute atomic E-state index is 0.268. The Balaban J connectivity index is 1.82. The number of carbonyl (C=O) groups is 1. The highest BCUT2D eigenvalue weighted by Gasteiger charge is 2.16. The molecule has 0 atom stereocenters. The average molecular weight is 355 g/mol. The average Bonchev–Trinajstić information content (AvgIpc) is 2.63. The minimum Gasteiger partial charge on any atom is -0.378 e. The second kappa shape index (κ2) is 7.66. The fraction of sp³-hybridized carbons (Fsp3) is 0.300. The highest BCUT2D eigenvalue weighted by Crippen LogP contribution is 2.22. The first-order chi connectivity index (χ1) is 12.4. The number of allylic oxidation sites excluding steroid dienone is 1. The van der Waals surface area contributed by atoms with E-state index >= 15 is 0 Å². The van der Waals surface area contributed by atoms with Crippen LogP contribution in [0, 0.1) is 12.7 Å². The molecule has 0 bridgehead atoms. The van der Waals surface area contributed by atoms with Crippen LogP contribution in [-0.4, -0.2) is 37.2 Å². The predicted octanol–water partition coefficient (Wildman–Crippen LogP) is 3.65. The van der Waals surface area contributed by atoms with Crippen molar-refractivity contribution >= 4 is 22.9 Å². The fourth-order valence-corrected chi connectivity index (χ4v) is 2.95. The number of ether oxygens (including phenoxy) is 1. The van der Waals surface area contributed by atoms with Gasteiger partial charge in [-0.2, -0.15) is 0 Å². The zero-order valence-corrected chi connectivity index (χ0v) is 15.0. The van der Waals surface area contributed by atoms with Gasteiger partial charge in [-0.25, -0.2) is 4.39 Å². The lowest BCUT2D eigenvalue weighted by Crippen LogP contribution is -2.36. The molecule has 1 fully saturated rings. The SMILES string of the molecule is C=C(C)c1cc(NC(=O)c2cc(F)cc(N3CCOCC3)c2)cnc1C. The summed E-state index contributed by atoms with van der Waals surface area (Å²) < 4.78 is 19.4. The normalized spacial score (nSPS) is 14.2. The maximum atomic E-state index is 14.0. The van der Waals surface area contributed by atoms with Crippen LogP contribution in [0.4, 0.5) is 15.8 Å². The molecule has 1 aromatic heterocycles. The van der Waals surface area contributed by atoms with Crippen molar-refractivity contribution in [3.63, 3.8) is 0 Å². The van der Waals surface area contributed by atoms with E-state index in [2.05, 4.69) is 16.9 Å². The Bertz CT molecular complexity index is 845. The Hall–Kier alpha value is -2.73. The number of morpholine rings is 1. The van der Waals surface area contributed by atoms with Gasteiger partial charge in [0.25, 0.3) is 5.91 Å². The Labute approximate surface area is 152 Å². The fourth-order valence-electron chi connectivity index (χ4n) is 2.95. The summed E-state index contributed by atoms with van der Waals surface area (Å²) in [6.45, 7) is 10.2. The van der Waals surface area contributed by atoms with Crippen molar-refractivity contribution in [2.45, 2.75) is 13.8 Å². The first-order valence-electron chi connectivity index (χ1n) is 8.51. The summed E-state index contributed by atoms with van der Waals surface area (Å²) in [5, 5.41) is 2.79. The zero-order valence-electron chi connectivity index (χ0n) is 15.0. The summed E-state index contributed by atoms with van der Waals surface area (Å²) in [6.07, 6.45) is 1.59. The van der Waals surface area contributed by atoms with E-state index in [-0.39, 0.29) is 11.5 Å². The molecule has 2 aromatic rings. The lowest BCUT2D eigenvalue weighted by molar-refractivity contribution is 0.102. The van der Waals surface area contributed by atoms with Crippen LogP contribution in [0.15, 0.2) is 37.0 Å². The van der Waals surface area contributed by atoms with Crippen LogP contribution in [0.5, 0.6) is 0 Å². The van der Waals surface area contributed by atoms with E-state index in [1.54, 1.807) is 12.3 Å². The third-order valence-corrected chi connectivity index (χ3v) is 4.33. The standard InChI is InChI=1S/C20H22FN3O2/c1-13(2)19-11-17(12-22-14(19)3)23-20(25)15-8-16(21)10-18(9-15)24-4-6-26-7-5-24/h8-12H,1,4-7H2,2-3H3,(H,23,25). The van der Waals surface area contributed by atoms with Gasteiger partial charge in [0.2, 0.25) is 0 Å². The second-order valence-electron chi connectivity index (χ2n) is 6.39. The number of rotatable bonds is 4. The molecule has 2 heterocycles. The first-order valence-corrected chi connectivity index (χ1v) is 8.51. The molecule has 0 unspecified atom stereocenters. The van der Waals surface area contributed by atoms with E-state index in [4.69, 9.17) is 4.74 Å². The van der Waals surface area contributed by atoms with Crippen LogP contribution in [0.3, 0.4) is 0 Å². The summed E-state index contributed by atoms with van der Waals surface area (Å²) in [6, 6.07) is 6.20. The number of aryl methyl sites for hydroxylation is 1. The Morgan fingerprint density at radius 2 is 2.00 bits per heavy atom.